The molecule has 0 radical (unpaired) electrons. The monoisotopic (exact) mass is 549 g/mol. The molecule has 1 aliphatic carbocycles. The third-order valence-corrected chi connectivity index (χ3v) is 7.85. The summed E-state index contributed by atoms with van der Waals surface area (Å²) in [6.45, 7) is 5.35. The molecule has 3 atom stereocenters. The maximum Gasteiger partial charge on any atom is 0.326 e. The highest BCUT2D eigenvalue weighted by molar-refractivity contribution is 5.95. The number of likely N-dealkylation sites (tertiary alicyclic amines) is 1. The Labute approximate surface area is 237 Å². The Kier molecular flexibility index (Phi) is 9.71. The number of amides is 3. The number of methoxy groups -OCH3 is 1. The van der Waals surface area contributed by atoms with Crippen LogP contribution >= 0.6 is 0 Å². The molecule has 40 heavy (non-hydrogen) atoms. The molecule has 8 heteroatoms. The first-order valence-corrected chi connectivity index (χ1v) is 14.4. The van der Waals surface area contributed by atoms with E-state index < -0.39 is 23.6 Å². The lowest BCUT2D eigenvalue weighted by atomic mass is 9.78. The van der Waals surface area contributed by atoms with Gasteiger partial charge in [0, 0.05) is 17.8 Å². The summed E-state index contributed by atoms with van der Waals surface area (Å²) in [5.41, 5.74) is 1.03. The van der Waals surface area contributed by atoms with Crippen molar-refractivity contribution in [3.05, 3.63) is 60.2 Å². The van der Waals surface area contributed by atoms with Crippen molar-refractivity contribution in [3.8, 4) is 5.75 Å². The highest BCUT2D eigenvalue weighted by Gasteiger charge is 2.42. The highest BCUT2D eigenvalue weighted by Crippen LogP contribution is 2.39. The molecule has 1 saturated carbocycles. The minimum atomic E-state index is -0.799. The SMILES string of the molecule is COc1cccc(NC(=O)NC2CC(c3ccccc3)CC(C3CCCCC3)N(CC(=O)OC(C)(C)C)C2=O)c1. The van der Waals surface area contributed by atoms with Crippen molar-refractivity contribution in [1.29, 1.82) is 0 Å². The molecule has 0 spiro atoms. The van der Waals surface area contributed by atoms with Crippen LogP contribution in [0.15, 0.2) is 54.6 Å². The van der Waals surface area contributed by atoms with Crippen molar-refractivity contribution in [3.63, 3.8) is 0 Å². The number of anilines is 1. The molecular weight excluding hydrogens is 506 g/mol. The van der Waals surface area contributed by atoms with Crippen molar-refractivity contribution in [2.24, 2.45) is 5.92 Å². The van der Waals surface area contributed by atoms with Gasteiger partial charge in [0.05, 0.1) is 7.11 Å². The van der Waals surface area contributed by atoms with E-state index in [2.05, 4.69) is 22.8 Å². The number of rotatable bonds is 7. The van der Waals surface area contributed by atoms with Crippen molar-refractivity contribution in [2.45, 2.75) is 89.3 Å². The zero-order valence-electron chi connectivity index (χ0n) is 24.2. The Bertz CT molecular complexity index is 1160. The third-order valence-electron chi connectivity index (χ3n) is 7.85. The fraction of sp³-hybridized carbons (Fsp3) is 0.531. The average Bonchev–Trinajstić information content (AvgIpc) is 3.05. The number of hydrogen-bond acceptors (Lipinski definition) is 5. The van der Waals surface area contributed by atoms with Crippen LogP contribution in [-0.2, 0) is 14.3 Å². The van der Waals surface area contributed by atoms with Crippen LogP contribution < -0.4 is 15.4 Å². The minimum absolute atomic E-state index is 0.0443. The normalized spacial score (nSPS) is 22.2. The molecule has 216 valence electrons. The van der Waals surface area contributed by atoms with Crippen molar-refractivity contribution in [2.75, 3.05) is 19.0 Å². The Hall–Kier alpha value is -3.55. The van der Waals surface area contributed by atoms with E-state index in [-0.39, 0.29) is 24.4 Å². The van der Waals surface area contributed by atoms with Crippen molar-refractivity contribution < 1.29 is 23.9 Å². The summed E-state index contributed by atoms with van der Waals surface area (Å²) in [7, 11) is 1.56. The smallest absolute Gasteiger partial charge is 0.326 e. The summed E-state index contributed by atoms with van der Waals surface area (Å²) in [5, 5.41) is 5.76. The van der Waals surface area contributed by atoms with Crippen LogP contribution in [0.25, 0.3) is 0 Å². The largest absolute Gasteiger partial charge is 0.497 e. The van der Waals surface area contributed by atoms with Gasteiger partial charge in [0.1, 0.15) is 23.9 Å². The quantitative estimate of drug-likeness (QED) is 0.420. The van der Waals surface area contributed by atoms with Crippen molar-refractivity contribution >= 4 is 23.6 Å². The van der Waals surface area contributed by atoms with Gasteiger partial charge in [-0.25, -0.2) is 4.79 Å². The second-order valence-electron chi connectivity index (χ2n) is 12.0. The number of urea groups is 1. The van der Waals surface area contributed by atoms with E-state index in [0.29, 0.717) is 23.8 Å². The zero-order valence-corrected chi connectivity index (χ0v) is 24.2. The average molecular weight is 550 g/mol. The molecule has 1 heterocycles. The zero-order chi connectivity index (χ0) is 28.7. The second kappa shape index (κ2) is 13.2. The Morgan fingerprint density at radius 1 is 0.975 bits per heavy atom. The van der Waals surface area contributed by atoms with E-state index >= 15 is 0 Å². The van der Waals surface area contributed by atoms with Gasteiger partial charge in [0.25, 0.3) is 0 Å². The number of benzene rings is 2. The molecule has 2 aromatic rings. The van der Waals surface area contributed by atoms with Crippen LogP contribution in [0.3, 0.4) is 0 Å². The van der Waals surface area contributed by atoms with Gasteiger partial charge >= 0.3 is 12.0 Å². The van der Waals surface area contributed by atoms with Crippen LogP contribution in [0.5, 0.6) is 5.75 Å². The molecule has 2 aromatic carbocycles. The molecule has 3 amide bonds. The number of ether oxygens (including phenoxy) is 2. The number of carbonyl (C=O) groups excluding carboxylic acids is 3. The first-order valence-electron chi connectivity index (χ1n) is 14.4. The van der Waals surface area contributed by atoms with Gasteiger partial charge in [-0.15, -0.1) is 0 Å². The van der Waals surface area contributed by atoms with Gasteiger partial charge in [-0.1, -0.05) is 55.7 Å². The minimum Gasteiger partial charge on any atom is -0.497 e. The molecule has 3 unspecified atom stereocenters. The van der Waals surface area contributed by atoms with Crippen LogP contribution in [-0.4, -0.2) is 54.1 Å². The topological polar surface area (TPSA) is 97.0 Å². The van der Waals surface area contributed by atoms with Gasteiger partial charge < -0.3 is 25.0 Å². The fourth-order valence-electron chi connectivity index (χ4n) is 6.08. The molecule has 0 aromatic heterocycles. The van der Waals surface area contributed by atoms with E-state index in [1.165, 1.54) is 6.42 Å². The van der Waals surface area contributed by atoms with E-state index in [1.807, 2.05) is 39.0 Å². The molecule has 2 aliphatic rings. The first-order chi connectivity index (χ1) is 19.1. The summed E-state index contributed by atoms with van der Waals surface area (Å²) in [5.74, 6) is 0.296. The summed E-state index contributed by atoms with van der Waals surface area (Å²) in [6, 6.07) is 15.8. The highest BCUT2D eigenvalue weighted by atomic mass is 16.6. The van der Waals surface area contributed by atoms with Crippen LogP contribution in [0.1, 0.15) is 77.2 Å². The van der Waals surface area contributed by atoms with Gasteiger partial charge in [0.15, 0.2) is 0 Å². The third kappa shape index (κ3) is 7.99. The Morgan fingerprint density at radius 2 is 1.70 bits per heavy atom. The van der Waals surface area contributed by atoms with Crippen molar-refractivity contribution in [1.82, 2.24) is 10.2 Å². The number of hydrogen-bond donors (Lipinski definition) is 2. The number of nitrogens with zero attached hydrogens (tertiary/aromatic N) is 1. The van der Waals surface area contributed by atoms with E-state index in [9.17, 15) is 14.4 Å². The first kappa shape index (κ1) is 29.4. The van der Waals surface area contributed by atoms with E-state index in [4.69, 9.17) is 9.47 Å². The molecule has 4 rings (SSSR count). The molecular formula is C32H43N3O5. The van der Waals surface area contributed by atoms with E-state index in [1.54, 1.807) is 36.3 Å². The molecule has 2 N–H and O–H groups in total. The van der Waals surface area contributed by atoms with Gasteiger partial charge in [-0.2, -0.15) is 0 Å². The maximum atomic E-state index is 14.2. The predicted molar refractivity (Wildman–Crippen MR) is 155 cm³/mol. The predicted octanol–water partition coefficient (Wildman–Crippen LogP) is 5.88. The van der Waals surface area contributed by atoms with Gasteiger partial charge in [0.2, 0.25) is 5.91 Å². The van der Waals surface area contributed by atoms with Crippen LogP contribution in [0.4, 0.5) is 10.5 Å². The number of esters is 1. The molecule has 2 fully saturated rings. The fourth-order valence-corrected chi connectivity index (χ4v) is 6.08. The van der Waals surface area contributed by atoms with E-state index in [0.717, 1.165) is 37.7 Å². The molecule has 1 saturated heterocycles. The summed E-state index contributed by atoms with van der Waals surface area (Å²) >= 11 is 0. The summed E-state index contributed by atoms with van der Waals surface area (Å²) in [4.78, 5) is 42.2. The lowest BCUT2D eigenvalue weighted by Gasteiger charge is -2.39. The molecule has 0 bridgehead atoms. The molecule has 8 nitrogen and oxygen atoms in total. The summed E-state index contributed by atoms with van der Waals surface area (Å²) < 4.78 is 10.9. The van der Waals surface area contributed by atoms with Gasteiger partial charge in [-0.05, 0) is 76.0 Å². The Balaban J connectivity index is 1.63. The van der Waals surface area contributed by atoms with Gasteiger partial charge in [-0.3, -0.25) is 9.59 Å². The van der Waals surface area contributed by atoms with Crippen LogP contribution in [0.2, 0.25) is 0 Å². The summed E-state index contributed by atoms with van der Waals surface area (Å²) in [6.07, 6.45) is 6.67. The molecule has 1 aliphatic heterocycles. The second-order valence-corrected chi connectivity index (χ2v) is 12.0. The standard InChI is InChI=1S/C32H43N3O5/c1-32(2,3)40-29(36)21-35-28(23-14-9-6-10-15-23)19-24(22-12-7-5-8-13-22)18-27(30(35)37)34-31(38)33-25-16-11-17-26(20-25)39-4/h5,7-8,11-13,16-17,20,23-24,27-28H,6,9-10,14-15,18-19,21H2,1-4H3,(H2,33,34,38). The lowest BCUT2D eigenvalue weighted by molar-refractivity contribution is -0.161. The maximum absolute atomic E-state index is 14.2. The lowest BCUT2D eigenvalue weighted by Crippen LogP contribution is -2.54. The number of carbonyl (C=O) groups is 3. The number of nitrogens with one attached hydrogen (secondary N) is 2. The van der Waals surface area contributed by atoms with Crippen LogP contribution in [0, 0.1) is 5.92 Å². The Morgan fingerprint density at radius 3 is 2.38 bits per heavy atom.